The van der Waals surface area contributed by atoms with Crippen molar-refractivity contribution < 1.29 is 9.18 Å². The summed E-state index contributed by atoms with van der Waals surface area (Å²) in [5.74, 6) is -0.661. The lowest BCUT2D eigenvalue weighted by atomic mass is 10.1. The summed E-state index contributed by atoms with van der Waals surface area (Å²) >= 11 is 1.63. The second-order valence-corrected chi connectivity index (χ2v) is 5.54. The molecular formula is C15H17FN2OS. The average molecular weight is 292 g/mol. The molecule has 5 heteroatoms. The van der Waals surface area contributed by atoms with Crippen molar-refractivity contribution in [3.05, 3.63) is 58.0 Å². The molecule has 1 N–H and O–H groups in total. The van der Waals surface area contributed by atoms with E-state index in [-0.39, 0.29) is 11.9 Å². The van der Waals surface area contributed by atoms with E-state index in [1.165, 1.54) is 23.8 Å². The first-order chi connectivity index (χ1) is 9.58. The Hall–Kier alpha value is -1.72. The molecule has 0 spiro atoms. The number of hydrogen-bond acceptors (Lipinski definition) is 3. The third kappa shape index (κ3) is 3.65. The Balaban J connectivity index is 2.01. The third-order valence-corrected chi connectivity index (χ3v) is 3.80. The zero-order valence-electron chi connectivity index (χ0n) is 11.5. The number of halogens is 1. The monoisotopic (exact) mass is 292 g/mol. The first-order valence-electron chi connectivity index (χ1n) is 6.30. The third-order valence-electron chi connectivity index (χ3n) is 3.09. The summed E-state index contributed by atoms with van der Waals surface area (Å²) in [5.41, 5.74) is 1.51. The number of carbonyl (C=O) groups is 1. The van der Waals surface area contributed by atoms with Gasteiger partial charge in [-0.3, -0.25) is 4.79 Å². The lowest BCUT2D eigenvalue weighted by molar-refractivity contribution is 0.0941. The van der Waals surface area contributed by atoms with Crippen molar-refractivity contribution in [1.29, 1.82) is 0 Å². The highest BCUT2D eigenvalue weighted by Gasteiger charge is 2.16. The fourth-order valence-corrected chi connectivity index (χ4v) is 2.69. The molecule has 1 aromatic carbocycles. The first kappa shape index (κ1) is 14.7. The molecule has 20 heavy (non-hydrogen) atoms. The van der Waals surface area contributed by atoms with E-state index >= 15 is 0 Å². The van der Waals surface area contributed by atoms with E-state index in [2.05, 4.69) is 10.7 Å². The minimum Gasteiger partial charge on any atom is -0.350 e. The van der Waals surface area contributed by atoms with Gasteiger partial charge < -0.3 is 10.2 Å². The molecule has 1 amide bonds. The molecule has 0 saturated carbocycles. The van der Waals surface area contributed by atoms with Crippen molar-refractivity contribution in [3.8, 4) is 0 Å². The van der Waals surface area contributed by atoms with Crippen molar-refractivity contribution in [2.45, 2.75) is 6.04 Å². The highest BCUT2D eigenvalue weighted by Crippen LogP contribution is 2.20. The number of nitrogens with one attached hydrogen (secondary N) is 1. The number of hydrogen-bond donors (Lipinski definition) is 1. The Bertz CT molecular complexity index is 569. The molecule has 0 bridgehead atoms. The second-order valence-electron chi connectivity index (χ2n) is 4.76. The predicted octanol–water partition coefficient (Wildman–Crippen LogP) is 2.92. The standard InChI is InChI=1S/C15H17FN2OS/c1-18(2)14(12-6-7-20-10-12)9-17-15(19)11-4-3-5-13(16)8-11/h3-8,10,14H,9H2,1-2H3,(H,17,19). The quantitative estimate of drug-likeness (QED) is 0.919. The zero-order valence-corrected chi connectivity index (χ0v) is 12.3. The van der Waals surface area contributed by atoms with E-state index in [4.69, 9.17) is 0 Å². The van der Waals surface area contributed by atoms with Crippen LogP contribution in [0.1, 0.15) is 22.0 Å². The number of amides is 1. The van der Waals surface area contributed by atoms with Gasteiger partial charge in [-0.25, -0.2) is 4.39 Å². The lowest BCUT2D eigenvalue weighted by Crippen LogP contribution is -2.34. The van der Waals surface area contributed by atoms with E-state index < -0.39 is 5.82 Å². The molecule has 1 atom stereocenters. The van der Waals surface area contributed by atoms with Crippen molar-refractivity contribution >= 4 is 17.2 Å². The molecule has 0 aliphatic rings. The van der Waals surface area contributed by atoms with Crippen molar-refractivity contribution in [1.82, 2.24) is 10.2 Å². The van der Waals surface area contributed by atoms with Gasteiger partial charge in [-0.1, -0.05) is 6.07 Å². The van der Waals surface area contributed by atoms with Gasteiger partial charge in [0.1, 0.15) is 5.82 Å². The van der Waals surface area contributed by atoms with Crippen LogP contribution in [0.15, 0.2) is 41.1 Å². The van der Waals surface area contributed by atoms with Crippen LogP contribution in [-0.2, 0) is 0 Å². The lowest BCUT2D eigenvalue weighted by Gasteiger charge is -2.24. The van der Waals surface area contributed by atoms with E-state index in [9.17, 15) is 9.18 Å². The summed E-state index contributed by atoms with van der Waals surface area (Å²) in [6, 6.07) is 7.86. The number of likely N-dealkylation sites (N-methyl/N-ethyl adjacent to an activating group) is 1. The van der Waals surface area contributed by atoms with Gasteiger partial charge in [-0.05, 0) is 54.7 Å². The largest absolute Gasteiger partial charge is 0.350 e. The fourth-order valence-electron chi connectivity index (χ4n) is 1.98. The summed E-state index contributed by atoms with van der Waals surface area (Å²) in [7, 11) is 3.94. The van der Waals surface area contributed by atoms with Crippen molar-refractivity contribution in [3.63, 3.8) is 0 Å². The Kier molecular flexibility index (Phi) is 4.87. The highest BCUT2D eigenvalue weighted by atomic mass is 32.1. The van der Waals surface area contributed by atoms with Crippen LogP contribution in [0.3, 0.4) is 0 Å². The molecule has 2 rings (SSSR count). The van der Waals surface area contributed by atoms with Gasteiger partial charge in [-0.2, -0.15) is 11.3 Å². The first-order valence-corrected chi connectivity index (χ1v) is 7.24. The average Bonchev–Trinajstić information content (AvgIpc) is 2.92. The highest BCUT2D eigenvalue weighted by molar-refractivity contribution is 7.07. The maximum absolute atomic E-state index is 13.1. The minimum absolute atomic E-state index is 0.110. The molecule has 106 valence electrons. The molecule has 1 aromatic heterocycles. The number of rotatable bonds is 5. The molecule has 1 heterocycles. The number of benzene rings is 1. The topological polar surface area (TPSA) is 32.3 Å². The van der Waals surface area contributed by atoms with Crippen LogP contribution in [0, 0.1) is 5.82 Å². The van der Waals surface area contributed by atoms with Crippen LogP contribution in [-0.4, -0.2) is 31.4 Å². The normalized spacial score (nSPS) is 12.4. The molecule has 0 saturated heterocycles. The molecule has 1 unspecified atom stereocenters. The van der Waals surface area contributed by atoms with Crippen molar-refractivity contribution in [2.24, 2.45) is 0 Å². The Morgan fingerprint density at radius 2 is 2.20 bits per heavy atom. The van der Waals surface area contributed by atoms with Gasteiger partial charge in [0.25, 0.3) is 5.91 Å². The van der Waals surface area contributed by atoms with Gasteiger partial charge in [-0.15, -0.1) is 0 Å². The van der Waals surface area contributed by atoms with E-state index in [1.807, 2.05) is 30.4 Å². The predicted molar refractivity (Wildman–Crippen MR) is 79.5 cm³/mol. The van der Waals surface area contributed by atoms with Crippen LogP contribution in [0.4, 0.5) is 4.39 Å². The Morgan fingerprint density at radius 3 is 2.80 bits per heavy atom. The van der Waals surface area contributed by atoms with E-state index in [0.717, 1.165) is 0 Å². The molecular weight excluding hydrogens is 275 g/mol. The molecule has 3 nitrogen and oxygen atoms in total. The van der Waals surface area contributed by atoms with Crippen LogP contribution in [0.5, 0.6) is 0 Å². The van der Waals surface area contributed by atoms with E-state index in [1.54, 1.807) is 17.4 Å². The summed E-state index contributed by atoms with van der Waals surface area (Å²) in [6.45, 7) is 0.485. The van der Waals surface area contributed by atoms with Crippen LogP contribution in [0.2, 0.25) is 0 Å². The van der Waals surface area contributed by atoms with Gasteiger partial charge in [0.2, 0.25) is 0 Å². The maximum atomic E-state index is 13.1. The Labute approximate surface area is 122 Å². The maximum Gasteiger partial charge on any atom is 0.251 e. The summed E-state index contributed by atoms with van der Waals surface area (Å²) in [6.07, 6.45) is 0. The summed E-state index contributed by atoms with van der Waals surface area (Å²) in [5, 5.41) is 6.94. The van der Waals surface area contributed by atoms with Gasteiger partial charge in [0.15, 0.2) is 0 Å². The summed E-state index contributed by atoms with van der Waals surface area (Å²) < 4.78 is 13.1. The van der Waals surface area contributed by atoms with Gasteiger partial charge in [0, 0.05) is 12.1 Å². The van der Waals surface area contributed by atoms with Crippen LogP contribution in [0.25, 0.3) is 0 Å². The van der Waals surface area contributed by atoms with Gasteiger partial charge >= 0.3 is 0 Å². The van der Waals surface area contributed by atoms with Crippen molar-refractivity contribution in [2.75, 3.05) is 20.6 Å². The minimum atomic E-state index is -0.403. The number of carbonyl (C=O) groups excluding carboxylic acids is 1. The van der Waals surface area contributed by atoms with Crippen LogP contribution < -0.4 is 5.32 Å². The fraction of sp³-hybridized carbons (Fsp3) is 0.267. The van der Waals surface area contributed by atoms with Crippen LogP contribution >= 0.6 is 11.3 Å². The molecule has 0 radical (unpaired) electrons. The zero-order chi connectivity index (χ0) is 14.5. The molecule has 0 aliphatic heterocycles. The molecule has 2 aromatic rings. The summed E-state index contributed by atoms with van der Waals surface area (Å²) in [4.78, 5) is 14.0. The van der Waals surface area contributed by atoms with Gasteiger partial charge in [0.05, 0.1) is 6.04 Å². The SMILES string of the molecule is CN(C)C(CNC(=O)c1cccc(F)c1)c1ccsc1. The molecule has 0 aliphatic carbocycles. The second kappa shape index (κ2) is 6.63. The molecule has 0 fully saturated rings. The Morgan fingerprint density at radius 1 is 1.40 bits per heavy atom. The number of nitrogens with zero attached hydrogens (tertiary/aromatic N) is 1. The smallest absolute Gasteiger partial charge is 0.251 e. The van der Waals surface area contributed by atoms with E-state index in [0.29, 0.717) is 12.1 Å². The number of thiophene rings is 1.